The molecule has 0 aliphatic heterocycles. The van der Waals surface area contributed by atoms with Crippen molar-refractivity contribution in [1.29, 1.82) is 0 Å². The van der Waals surface area contributed by atoms with E-state index in [1.807, 2.05) is 41.5 Å². The number of nitrogens with one attached hydrogen (secondary N) is 1. The second-order valence-electron chi connectivity index (χ2n) is 7.35. The highest BCUT2D eigenvalue weighted by Gasteiger charge is 2.30. The first-order valence-corrected chi connectivity index (χ1v) is 7.97. The third kappa shape index (κ3) is 6.65. The summed E-state index contributed by atoms with van der Waals surface area (Å²) in [6, 6.07) is 4.13. The number of benzene rings is 1. The first kappa shape index (κ1) is 19.6. The lowest BCUT2D eigenvalue weighted by atomic mass is 10.1. The summed E-state index contributed by atoms with van der Waals surface area (Å²) in [6.07, 6.45) is -0.378. The van der Waals surface area contributed by atoms with Crippen molar-refractivity contribution in [2.45, 2.75) is 52.7 Å². The molecule has 4 nitrogen and oxygen atoms in total. The van der Waals surface area contributed by atoms with Gasteiger partial charge >= 0.3 is 6.09 Å². The van der Waals surface area contributed by atoms with Crippen LogP contribution < -0.4 is 5.32 Å². The first-order valence-electron chi connectivity index (χ1n) is 7.60. The molecule has 1 rings (SSSR count). The number of rotatable bonds is 4. The number of nitrogens with zero attached hydrogens (tertiary/aromatic N) is 1. The number of hydrogen-bond acceptors (Lipinski definition) is 3. The van der Waals surface area contributed by atoms with Crippen LogP contribution in [0.4, 0.5) is 14.9 Å². The van der Waals surface area contributed by atoms with E-state index in [4.69, 9.17) is 16.3 Å². The SMILES string of the molecule is CC(C)(C)OC(=O)N(CCNc1cc(F)ccc1Cl)C(C)(C)C. The van der Waals surface area contributed by atoms with Crippen molar-refractivity contribution in [3.05, 3.63) is 29.0 Å². The highest BCUT2D eigenvalue weighted by Crippen LogP contribution is 2.23. The van der Waals surface area contributed by atoms with Gasteiger partial charge < -0.3 is 15.0 Å². The van der Waals surface area contributed by atoms with E-state index in [1.54, 1.807) is 4.90 Å². The zero-order valence-corrected chi connectivity index (χ0v) is 15.4. The predicted octanol–water partition coefficient (Wildman–Crippen LogP) is 4.93. The van der Waals surface area contributed by atoms with Gasteiger partial charge in [0.15, 0.2) is 0 Å². The van der Waals surface area contributed by atoms with Crippen LogP contribution in [0.5, 0.6) is 0 Å². The summed E-state index contributed by atoms with van der Waals surface area (Å²) in [4.78, 5) is 14.0. The van der Waals surface area contributed by atoms with Crippen LogP contribution in [0, 0.1) is 5.82 Å². The van der Waals surface area contributed by atoms with Crippen LogP contribution in [0.25, 0.3) is 0 Å². The number of halogens is 2. The minimum atomic E-state index is -0.556. The molecule has 0 aliphatic carbocycles. The van der Waals surface area contributed by atoms with Gasteiger partial charge in [-0.3, -0.25) is 0 Å². The maximum Gasteiger partial charge on any atom is 0.410 e. The van der Waals surface area contributed by atoms with Crippen molar-refractivity contribution in [3.63, 3.8) is 0 Å². The highest BCUT2D eigenvalue weighted by molar-refractivity contribution is 6.33. The van der Waals surface area contributed by atoms with Crippen LogP contribution in [0.15, 0.2) is 18.2 Å². The molecular weight excluding hydrogens is 319 g/mol. The number of carbonyl (C=O) groups excluding carboxylic acids is 1. The van der Waals surface area contributed by atoms with Gasteiger partial charge in [-0.1, -0.05) is 11.6 Å². The standard InChI is InChI=1S/C17H26ClFN2O2/c1-16(2,3)21(15(22)23-17(4,5)6)10-9-20-14-11-12(19)7-8-13(14)18/h7-8,11,20H,9-10H2,1-6H3. The Morgan fingerprint density at radius 2 is 1.87 bits per heavy atom. The normalized spacial score (nSPS) is 12.0. The topological polar surface area (TPSA) is 41.6 Å². The molecule has 0 aromatic heterocycles. The van der Waals surface area contributed by atoms with E-state index in [0.717, 1.165) is 0 Å². The zero-order valence-electron chi connectivity index (χ0n) is 14.7. The monoisotopic (exact) mass is 344 g/mol. The molecule has 0 unspecified atom stereocenters. The number of ether oxygens (including phenoxy) is 1. The van der Waals surface area contributed by atoms with Crippen molar-refractivity contribution < 1.29 is 13.9 Å². The third-order valence-electron chi connectivity index (χ3n) is 3.00. The van der Waals surface area contributed by atoms with Gasteiger partial charge in [-0.25, -0.2) is 9.18 Å². The lowest BCUT2D eigenvalue weighted by Crippen LogP contribution is -2.49. The minimum absolute atomic E-state index is 0.364. The molecule has 0 saturated heterocycles. The Balaban J connectivity index is 2.72. The third-order valence-corrected chi connectivity index (χ3v) is 3.33. The molecule has 1 aromatic rings. The Labute approximate surface area is 142 Å². The number of hydrogen-bond donors (Lipinski definition) is 1. The largest absolute Gasteiger partial charge is 0.444 e. The molecule has 0 fully saturated rings. The second-order valence-corrected chi connectivity index (χ2v) is 7.76. The van der Waals surface area contributed by atoms with Crippen LogP contribution in [0.1, 0.15) is 41.5 Å². The van der Waals surface area contributed by atoms with Gasteiger partial charge in [-0.2, -0.15) is 0 Å². The van der Waals surface area contributed by atoms with E-state index >= 15 is 0 Å². The molecule has 0 radical (unpaired) electrons. The Morgan fingerprint density at radius 3 is 2.39 bits per heavy atom. The van der Waals surface area contributed by atoms with Gasteiger partial charge in [-0.05, 0) is 59.7 Å². The van der Waals surface area contributed by atoms with E-state index in [1.165, 1.54) is 18.2 Å². The van der Waals surface area contributed by atoms with Crippen molar-refractivity contribution in [3.8, 4) is 0 Å². The maximum absolute atomic E-state index is 13.3. The first-order chi connectivity index (χ1) is 10.4. The fourth-order valence-corrected chi connectivity index (χ4v) is 2.14. The Bertz CT molecular complexity index is 551. The molecule has 0 saturated carbocycles. The van der Waals surface area contributed by atoms with E-state index in [-0.39, 0.29) is 11.9 Å². The molecule has 0 bridgehead atoms. The van der Waals surface area contributed by atoms with Crippen LogP contribution in [-0.2, 0) is 4.74 Å². The van der Waals surface area contributed by atoms with Crippen molar-refractivity contribution in [2.75, 3.05) is 18.4 Å². The minimum Gasteiger partial charge on any atom is -0.444 e. The maximum atomic E-state index is 13.3. The van der Waals surface area contributed by atoms with E-state index in [2.05, 4.69) is 5.32 Å². The van der Waals surface area contributed by atoms with Gasteiger partial charge in [0, 0.05) is 18.6 Å². The molecule has 6 heteroatoms. The zero-order chi connectivity index (χ0) is 17.8. The Hall–Kier alpha value is -1.49. The van der Waals surface area contributed by atoms with Gasteiger partial charge in [-0.15, -0.1) is 0 Å². The van der Waals surface area contributed by atoms with Gasteiger partial charge in [0.05, 0.1) is 10.7 Å². The second kappa shape index (κ2) is 7.39. The molecular formula is C17H26ClFN2O2. The summed E-state index contributed by atoms with van der Waals surface area (Å²) in [7, 11) is 0. The van der Waals surface area contributed by atoms with E-state index < -0.39 is 11.1 Å². The van der Waals surface area contributed by atoms with Gasteiger partial charge in [0.2, 0.25) is 0 Å². The van der Waals surface area contributed by atoms with Crippen LogP contribution >= 0.6 is 11.6 Å². The van der Waals surface area contributed by atoms with Crippen LogP contribution in [0.3, 0.4) is 0 Å². The van der Waals surface area contributed by atoms with Crippen molar-refractivity contribution in [1.82, 2.24) is 4.90 Å². The fourth-order valence-electron chi connectivity index (χ4n) is 1.95. The average Bonchev–Trinajstić information content (AvgIpc) is 2.34. The number of anilines is 1. The summed E-state index contributed by atoms with van der Waals surface area (Å²) >= 11 is 6.02. The fraction of sp³-hybridized carbons (Fsp3) is 0.588. The average molecular weight is 345 g/mol. The van der Waals surface area contributed by atoms with Crippen molar-refractivity contribution in [2.24, 2.45) is 0 Å². The highest BCUT2D eigenvalue weighted by atomic mass is 35.5. The van der Waals surface area contributed by atoms with E-state index in [9.17, 15) is 9.18 Å². The molecule has 23 heavy (non-hydrogen) atoms. The molecule has 1 aromatic carbocycles. The smallest absolute Gasteiger partial charge is 0.410 e. The molecule has 130 valence electrons. The Kier molecular flexibility index (Phi) is 6.28. The lowest BCUT2D eigenvalue weighted by Gasteiger charge is -2.37. The van der Waals surface area contributed by atoms with Crippen LogP contribution in [-0.4, -0.2) is 35.2 Å². The molecule has 0 spiro atoms. The summed E-state index contributed by atoms with van der Waals surface area (Å²) in [5.74, 6) is -0.364. The van der Waals surface area contributed by atoms with Gasteiger partial charge in [0.25, 0.3) is 0 Å². The molecule has 1 amide bonds. The molecule has 1 N–H and O–H groups in total. The summed E-state index contributed by atoms with van der Waals surface area (Å²) in [5, 5.41) is 3.49. The number of carbonyl (C=O) groups is 1. The Morgan fingerprint density at radius 1 is 1.26 bits per heavy atom. The van der Waals surface area contributed by atoms with Gasteiger partial charge in [0.1, 0.15) is 11.4 Å². The quantitative estimate of drug-likeness (QED) is 0.842. The van der Waals surface area contributed by atoms with Crippen LogP contribution in [0.2, 0.25) is 5.02 Å². The number of amides is 1. The summed E-state index contributed by atoms with van der Waals surface area (Å²) < 4.78 is 18.7. The molecule has 0 heterocycles. The predicted molar refractivity (Wildman–Crippen MR) is 92.6 cm³/mol. The summed E-state index contributed by atoms with van der Waals surface area (Å²) in [6.45, 7) is 12.1. The van der Waals surface area contributed by atoms with Crippen molar-refractivity contribution >= 4 is 23.4 Å². The summed E-state index contributed by atoms with van der Waals surface area (Å²) in [5.41, 5.74) is -0.444. The molecule has 0 atom stereocenters. The van der Waals surface area contributed by atoms with E-state index in [0.29, 0.717) is 23.8 Å². The molecule has 0 aliphatic rings. The lowest BCUT2D eigenvalue weighted by molar-refractivity contribution is 0.00749.